The zero-order chi connectivity index (χ0) is 13.0. The van der Waals surface area contributed by atoms with Crippen molar-refractivity contribution in [3.8, 4) is 0 Å². The normalized spacial score (nSPS) is 26.1. The summed E-state index contributed by atoms with van der Waals surface area (Å²) in [6, 6.07) is 0.624. The molecule has 2 heterocycles. The summed E-state index contributed by atoms with van der Waals surface area (Å²) in [7, 11) is 1.92. The first kappa shape index (κ1) is 13.6. The largest absolute Gasteiger partial charge is 0.323 e. The molecule has 2 aliphatic heterocycles. The van der Waals surface area contributed by atoms with Gasteiger partial charge in [0.1, 0.15) is 0 Å². The first-order valence-corrected chi connectivity index (χ1v) is 7.17. The van der Waals surface area contributed by atoms with Crippen molar-refractivity contribution in [2.45, 2.75) is 25.8 Å². The van der Waals surface area contributed by atoms with Crippen molar-refractivity contribution >= 4 is 6.03 Å². The summed E-state index contributed by atoms with van der Waals surface area (Å²) in [5.74, 6) is 0. The lowest BCUT2D eigenvalue weighted by Crippen LogP contribution is -2.44. The van der Waals surface area contributed by atoms with Crippen LogP contribution in [0.4, 0.5) is 4.79 Å². The Morgan fingerprint density at radius 3 is 2.61 bits per heavy atom. The summed E-state index contributed by atoms with van der Waals surface area (Å²) in [5, 5.41) is 3.36. The molecule has 18 heavy (non-hydrogen) atoms. The maximum atomic E-state index is 12.0. The Labute approximate surface area is 110 Å². The van der Waals surface area contributed by atoms with Crippen LogP contribution in [0.25, 0.3) is 0 Å². The Morgan fingerprint density at radius 2 is 2.00 bits per heavy atom. The van der Waals surface area contributed by atoms with Crippen LogP contribution < -0.4 is 5.32 Å². The van der Waals surface area contributed by atoms with Crippen LogP contribution in [0.15, 0.2) is 0 Å². The van der Waals surface area contributed by atoms with Crippen LogP contribution in [-0.2, 0) is 0 Å². The van der Waals surface area contributed by atoms with E-state index >= 15 is 0 Å². The Morgan fingerprint density at radius 1 is 1.28 bits per heavy atom. The van der Waals surface area contributed by atoms with Crippen LogP contribution in [0.5, 0.6) is 0 Å². The first-order chi connectivity index (χ1) is 8.72. The molecule has 5 nitrogen and oxygen atoms in total. The molecular weight excluding hydrogens is 228 g/mol. The smallest absolute Gasteiger partial charge is 0.320 e. The lowest BCUT2D eigenvalue weighted by molar-refractivity contribution is 0.189. The third kappa shape index (κ3) is 3.14. The number of urea groups is 1. The van der Waals surface area contributed by atoms with Crippen LogP contribution in [0, 0.1) is 0 Å². The van der Waals surface area contributed by atoms with Crippen LogP contribution in [0.2, 0.25) is 0 Å². The Kier molecular flexibility index (Phi) is 4.83. The van der Waals surface area contributed by atoms with Gasteiger partial charge in [-0.1, -0.05) is 6.92 Å². The number of rotatable bonds is 5. The summed E-state index contributed by atoms with van der Waals surface area (Å²) in [6.07, 6.45) is 2.15. The molecular formula is C13H26N4O. The Hall–Kier alpha value is -0.810. The number of piperazine rings is 1. The molecule has 0 aromatic rings. The number of hydrogen-bond donors (Lipinski definition) is 1. The van der Waals surface area contributed by atoms with Gasteiger partial charge in [0.25, 0.3) is 0 Å². The van der Waals surface area contributed by atoms with Crippen molar-refractivity contribution in [1.82, 2.24) is 20.0 Å². The van der Waals surface area contributed by atoms with E-state index in [1.807, 2.05) is 16.8 Å². The van der Waals surface area contributed by atoms with Gasteiger partial charge in [0.05, 0.1) is 6.04 Å². The predicted octanol–water partition coefficient (Wildman–Crippen LogP) is 0.428. The molecule has 2 aliphatic rings. The molecule has 1 atom stereocenters. The average molecular weight is 254 g/mol. The molecule has 0 radical (unpaired) electrons. The molecule has 0 bridgehead atoms. The summed E-state index contributed by atoms with van der Waals surface area (Å²) in [4.78, 5) is 18.4. The molecule has 1 unspecified atom stereocenters. The highest BCUT2D eigenvalue weighted by atomic mass is 16.2. The maximum absolute atomic E-state index is 12.0. The lowest BCUT2D eigenvalue weighted by atomic mass is 10.2. The van der Waals surface area contributed by atoms with Gasteiger partial charge in [0.2, 0.25) is 0 Å². The highest BCUT2D eigenvalue weighted by Crippen LogP contribution is 2.16. The van der Waals surface area contributed by atoms with Gasteiger partial charge in [-0.3, -0.25) is 0 Å². The average Bonchev–Trinajstić information content (AvgIpc) is 2.68. The van der Waals surface area contributed by atoms with Crippen molar-refractivity contribution in [1.29, 1.82) is 0 Å². The number of likely N-dealkylation sites (N-methyl/N-ethyl adjacent to an activating group) is 1. The first-order valence-electron chi connectivity index (χ1n) is 7.17. The Bertz CT molecular complexity index is 278. The molecule has 2 amide bonds. The summed E-state index contributed by atoms with van der Waals surface area (Å²) < 4.78 is 0. The standard InChI is InChI=1S/C13H26N4O/c1-3-12-11-17(13(18)15(12)2)8-4-7-16-9-5-14-6-10-16/h12,14H,3-11H2,1-2H3. The van der Waals surface area contributed by atoms with E-state index in [-0.39, 0.29) is 6.03 Å². The SMILES string of the molecule is CCC1CN(CCCN2CCNCC2)C(=O)N1C. The van der Waals surface area contributed by atoms with E-state index in [9.17, 15) is 4.79 Å². The number of carbonyl (C=O) groups is 1. The van der Waals surface area contributed by atoms with Crippen molar-refractivity contribution < 1.29 is 4.79 Å². The number of nitrogens with zero attached hydrogens (tertiary/aromatic N) is 3. The van der Waals surface area contributed by atoms with E-state index in [0.29, 0.717) is 6.04 Å². The number of hydrogen-bond acceptors (Lipinski definition) is 3. The van der Waals surface area contributed by atoms with Crippen LogP contribution in [0.3, 0.4) is 0 Å². The van der Waals surface area contributed by atoms with Gasteiger partial charge in [-0.15, -0.1) is 0 Å². The zero-order valence-electron chi connectivity index (χ0n) is 11.7. The molecule has 0 saturated carbocycles. The molecule has 1 N–H and O–H groups in total. The summed E-state index contributed by atoms with van der Waals surface area (Å²) >= 11 is 0. The van der Waals surface area contributed by atoms with E-state index < -0.39 is 0 Å². The van der Waals surface area contributed by atoms with Gasteiger partial charge < -0.3 is 20.0 Å². The Balaban J connectivity index is 1.68. The number of amides is 2. The van der Waals surface area contributed by atoms with E-state index in [1.165, 1.54) is 0 Å². The highest BCUT2D eigenvalue weighted by Gasteiger charge is 2.32. The fraction of sp³-hybridized carbons (Fsp3) is 0.923. The predicted molar refractivity (Wildman–Crippen MR) is 72.7 cm³/mol. The van der Waals surface area contributed by atoms with E-state index in [4.69, 9.17) is 0 Å². The van der Waals surface area contributed by atoms with Crippen molar-refractivity contribution in [2.24, 2.45) is 0 Å². The summed E-state index contributed by atoms with van der Waals surface area (Å²) in [6.45, 7) is 9.57. The maximum Gasteiger partial charge on any atom is 0.320 e. The van der Waals surface area contributed by atoms with Gasteiger partial charge >= 0.3 is 6.03 Å². The molecule has 0 aromatic carbocycles. The molecule has 2 rings (SSSR count). The van der Waals surface area contributed by atoms with Gasteiger partial charge in [0, 0.05) is 46.3 Å². The third-order valence-corrected chi connectivity index (χ3v) is 4.13. The monoisotopic (exact) mass is 254 g/mol. The van der Waals surface area contributed by atoms with Gasteiger partial charge in [0.15, 0.2) is 0 Å². The molecule has 0 spiro atoms. The second-order valence-corrected chi connectivity index (χ2v) is 5.35. The fourth-order valence-corrected chi connectivity index (χ4v) is 2.84. The molecule has 5 heteroatoms. The second kappa shape index (κ2) is 6.38. The van der Waals surface area contributed by atoms with E-state index in [0.717, 1.165) is 58.7 Å². The molecule has 2 saturated heterocycles. The van der Waals surface area contributed by atoms with Gasteiger partial charge in [-0.25, -0.2) is 4.79 Å². The molecule has 0 aromatic heterocycles. The number of nitrogens with one attached hydrogen (secondary N) is 1. The molecule has 0 aliphatic carbocycles. The molecule has 104 valence electrons. The zero-order valence-corrected chi connectivity index (χ0v) is 11.7. The fourth-order valence-electron chi connectivity index (χ4n) is 2.84. The summed E-state index contributed by atoms with van der Waals surface area (Å²) in [5.41, 5.74) is 0. The van der Waals surface area contributed by atoms with Crippen LogP contribution >= 0.6 is 0 Å². The quantitative estimate of drug-likeness (QED) is 0.773. The minimum absolute atomic E-state index is 0.210. The van der Waals surface area contributed by atoms with Gasteiger partial charge in [-0.2, -0.15) is 0 Å². The van der Waals surface area contributed by atoms with Crippen LogP contribution in [0.1, 0.15) is 19.8 Å². The third-order valence-electron chi connectivity index (χ3n) is 4.13. The van der Waals surface area contributed by atoms with Crippen molar-refractivity contribution in [3.63, 3.8) is 0 Å². The van der Waals surface area contributed by atoms with Gasteiger partial charge in [-0.05, 0) is 19.4 Å². The topological polar surface area (TPSA) is 38.8 Å². The molecule has 2 fully saturated rings. The minimum Gasteiger partial charge on any atom is -0.323 e. The number of carbonyl (C=O) groups excluding carboxylic acids is 1. The van der Waals surface area contributed by atoms with E-state index in [2.05, 4.69) is 17.1 Å². The van der Waals surface area contributed by atoms with E-state index in [1.54, 1.807) is 0 Å². The van der Waals surface area contributed by atoms with Crippen molar-refractivity contribution in [2.75, 3.05) is 52.9 Å². The highest BCUT2D eigenvalue weighted by molar-refractivity contribution is 5.76. The van der Waals surface area contributed by atoms with Crippen molar-refractivity contribution in [3.05, 3.63) is 0 Å². The minimum atomic E-state index is 0.210. The second-order valence-electron chi connectivity index (χ2n) is 5.35. The van der Waals surface area contributed by atoms with Crippen LogP contribution in [-0.4, -0.2) is 79.6 Å². The lowest BCUT2D eigenvalue weighted by Gasteiger charge is -2.27.